The van der Waals surface area contributed by atoms with E-state index in [9.17, 15) is 8.78 Å². The van der Waals surface area contributed by atoms with E-state index >= 15 is 0 Å². The molecule has 0 amide bonds. The van der Waals surface area contributed by atoms with Gasteiger partial charge in [-0.15, -0.1) is 0 Å². The van der Waals surface area contributed by atoms with Crippen LogP contribution in [0.5, 0.6) is 11.5 Å². The molecule has 2 aromatic rings. The van der Waals surface area contributed by atoms with E-state index in [0.29, 0.717) is 34.8 Å². The third kappa shape index (κ3) is 3.99. The molecule has 2 saturated heterocycles. The van der Waals surface area contributed by atoms with Gasteiger partial charge in [-0.2, -0.15) is 0 Å². The van der Waals surface area contributed by atoms with E-state index in [0.717, 1.165) is 12.8 Å². The number of nitrogens with zero attached hydrogens (tertiary/aromatic N) is 3. The third-order valence-electron chi connectivity index (χ3n) is 6.08. The molecule has 2 aliphatic heterocycles. The molecular formula is C21H26F2N4O2. The quantitative estimate of drug-likeness (QED) is 0.781. The van der Waals surface area contributed by atoms with Gasteiger partial charge in [-0.3, -0.25) is 0 Å². The van der Waals surface area contributed by atoms with Gasteiger partial charge in [0.1, 0.15) is 5.69 Å². The van der Waals surface area contributed by atoms with E-state index in [1.165, 1.54) is 26.0 Å². The summed E-state index contributed by atoms with van der Waals surface area (Å²) in [4.78, 5) is 11.0. The molecule has 8 heteroatoms. The second-order valence-corrected chi connectivity index (χ2v) is 7.74. The molecule has 0 saturated carbocycles. The zero-order chi connectivity index (χ0) is 20.5. The summed E-state index contributed by atoms with van der Waals surface area (Å²) < 4.78 is 37.6. The van der Waals surface area contributed by atoms with Gasteiger partial charge in [0.15, 0.2) is 11.5 Å². The highest BCUT2D eigenvalue weighted by atomic mass is 19.3. The SMILES string of the molecule is COc1ccc(-c2cc(C(F)F)nc(NC3C[C@@H]4CC[C@@H](C3)N4C)n2)cc1OC. The standard InChI is InChI=1S/C21H26F2N4O2/c1-27-14-5-6-15(27)10-13(9-14)24-21-25-16(11-17(26-21)20(22)23)12-4-7-18(28-2)19(8-12)29-3/h4,7-8,11,13-15,20H,5-6,9-10H2,1-3H3,(H,24,25,26)/t14-,15-/m0/s1. The highest BCUT2D eigenvalue weighted by Gasteiger charge is 2.38. The van der Waals surface area contributed by atoms with Gasteiger partial charge >= 0.3 is 0 Å². The van der Waals surface area contributed by atoms with Crippen LogP contribution in [-0.2, 0) is 0 Å². The number of hydrogen-bond donors (Lipinski definition) is 1. The number of halogens is 2. The summed E-state index contributed by atoms with van der Waals surface area (Å²) in [5, 5.41) is 3.32. The highest BCUT2D eigenvalue weighted by molar-refractivity contribution is 5.65. The van der Waals surface area contributed by atoms with Gasteiger partial charge in [-0.25, -0.2) is 18.7 Å². The Hall–Kier alpha value is -2.48. The van der Waals surface area contributed by atoms with E-state index in [1.807, 2.05) is 0 Å². The zero-order valence-electron chi connectivity index (χ0n) is 16.9. The number of fused-ring (bicyclic) bond motifs is 2. The second kappa shape index (κ2) is 8.10. The molecule has 0 spiro atoms. The lowest BCUT2D eigenvalue weighted by atomic mass is 9.98. The summed E-state index contributed by atoms with van der Waals surface area (Å²) in [6.45, 7) is 0. The Morgan fingerprint density at radius 2 is 1.72 bits per heavy atom. The van der Waals surface area contributed by atoms with Crippen LogP contribution in [-0.4, -0.2) is 54.3 Å². The molecule has 29 heavy (non-hydrogen) atoms. The van der Waals surface area contributed by atoms with Gasteiger partial charge in [-0.1, -0.05) is 0 Å². The van der Waals surface area contributed by atoms with E-state index in [1.54, 1.807) is 25.3 Å². The van der Waals surface area contributed by atoms with E-state index in [-0.39, 0.29) is 17.7 Å². The first-order chi connectivity index (χ1) is 14.0. The van der Waals surface area contributed by atoms with Crippen LogP contribution >= 0.6 is 0 Å². The lowest BCUT2D eigenvalue weighted by Crippen LogP contribution is -2.44. The van der Waals surface area contributed by atoms with Crippen LogP contribution in [0, 0.1) is 0 Å². The van der Waals surface area contributed by atoms with Crippen molar-refractivity contribution in [2.75, 3.05) is 26.6 Å². The van der Waals surface area contributed by atoms with Crippen LogP contribution in [0.15, 0.2) is 24.3 Å². The molecule has 3 heterocycles. The van der Waals surface area contributed by atoms with Crippen molar-refractivity contribution in [3.8, 4) is 22.8 Å². The Bertz CT molecular complexity index is 866. The minimum atomic E-state index is -2.67. The number of piperidine rings is 1. The first kappa shape index (κ1) is 19.8. The first-order valence-electron chi connectivity index (χ1n) is 9.86. The molecule has 1 aromatic carbocycles. The van der Waals surface area contributed by atoms with E-state index in [2.05, 4.69) is 27.2 Å². The van der Waals surface area contributed by atoms with Crippen LogP contribution in [0.25, 0.3) is 11.3 Å². The Kier molecular flexibility index (Phi) is 5.54. The molecule has 4 rings (SSSR count). The van der Waals surface area contributed by atoms with Gasteiger partial charge in [0.2, 0.25) is 5.95 Å². The van der Waals surface area contributed by atoms with Gasteiger partial charge in [0, 0.05) is 23.7 Å². The lowest BCUT2D eigenvalue weighted by molar-refractivity contribution is 0.146. The van der Waals surface area contributed by atoms with E-state index < -0.39 is 6.43 Å². The molecule has 2 aliphatic rings. The number of hydrogen-bond acceptors (Lipinski definition) is 6. The number of methoxy groups -OCH3 is 2. The zero-order valence-corrected chi connectivity index (χ0v) is 16.9. The molecule has 2 fully saturated rings. The summed E-state index contributed by atoms with van der Waals surface area (Å²) in [7, 11) is 5.25. The monoisotopic (exact) mass is 404 g/mol. The Morgan fingerprint density at radius 1 is 1.03 bits per heavy atom. The first-order valence-corrected chi connectivity index (χ1v) is 9.86. The minimum absolute atomic E-state index is 0.190. The van der Waals surface area contributed by atoms with Crippen LogP contribution < -0.4 is 14.8 Å². The van der Waals surface area contributed by atoms with E-state index in [4.69, 9.17) is 9.47 Å². The van der Waals surface area contributed by atoms with Crippen molar-refractivity contribution in [1.82, 2.24) is 14.9 Å². The van der Waals surface area contributed by atoms with Gasteiger partial charge in [-0.05, 0) is 57.0 Å². The molecule has 2 atom stereocenters. The maximum atomic E-state index is 13.5. The normalized spacial score (nSPS) is 24.0. The molecular weight excluding hydrogens is 378 g/mol. The van der Waals surface area contributed by atoms with Crippen molar-refractivity contribution < 1.29 is 18.3 Å². The van der Waals surface area contributed by atoms with Crippen LogP contribution in [0.1, 0.15) is 37.8 Å². The fraction of sp³-hybridized carbons (Fsp3) is 0.524. The Balaban J connectivity index is 1.63. The van der Waals surface area contributed by atoms with Crippen LogP contribution in [0.2, 0.25) is 0 Å². The number of aromatic nitrogens is 2. The maximum Gasteiger partial charge on any atom is 0.280 e. The Labute approximate surface area is 169 Å². The highest BCUT2D eigenvalue weighted by Crippen LogP contribution is 2.36. The maximum absolute atomic E-state index is 13.5. The lowest BCUT2D eigenvalue weighted by Gasteiger charge is -2.36. The fourth-order valence-corrected chi connectivity index (χ4v) is 4.50. The largest absolute Gasteiger partial charge is 0.493 e. The van der Waals surface area contributed by atoms with Crippen LogP contribution in [0.4, 0.5) is 14.7 Å². The van der Waals surface area contributed by atoms with Gasteiger partial charge < -0.3 is 19.7 Å². The summed E-state index contributed by atoms with van der Waals surface area (Å²) in [5.74, 6) is 1.34. The van der Waals surface area contributed by atoms with Crippen molar-refractivity contribution in [3.05, 3.63) is 30.0 Å². The predicted molar refractivity (Wildman–Crippen MR) is 107 cm³/mol. The summed E-state index contributed by atoms with van der Waals surface area (Å²) >= 11 is 0. The number of rotatable bonds is 6. The Morgan fingerprint density at radius 3 is 2.34 bits per heavy atom. The molecule has 2 bridgehead atoms. The third-order valence-corrected chi connectivity index (χ3v) is 6.08. The van der Waals surface area contributed by atoms with Crippen molar-refractivity contribution in [1.29, 1.82) is 0 Å². The number of benzene rings is 1. The molecule has 1 N–H and O–H groups in total. The second-order valence-electron chi connectivity index (χ2n) is 7.74. The minimum Gasteiger partial charge on any atom is -0.493 e. The molecule has 0 unspecified atom stereocenters. The topological polar surface area (TPSA) is 59.5 Å². The van der Waals surface area contributed by atoms with Crippen molar-refractivity contribution in [2.24, 2.45) is 0 Å². The summed E-state index contributed by atoms with van der Waals surface area (Å²) in [6.07, 6.45) is 1.65. The predicted octanol–water partition coefficient (Wildman–Crippen LogP) is 4.14. The smallest absolute Gasteiger partial charge is 0.280 e. The number of ether oxygens (including phenoxy) is 2. The molecule has 0 aliphatic carbocycles. The number of nitrogens with one attached hydrogen (secondary N) is 1. The molecule has 0 radical (unpaired) electrons. The van der Waals surface area contributed by atoms with Crippen LogP contribution in [0.3, 0.4) is 0 Å². The molecule has 6 nitrogen and oxygen atoms in total. The van der Waals surface area contributed by atoms with Gasteiger partial charge in [0.25, 0.3) is 6.43 Å². The van der Waals surface area contributed by atoms with Crippen molar-refractivity contribution in [3.63, 3.8) is 0 Å². The average Bonchev–Trinajstić information content (AvgIpc) is 2.93. The molecule has 1 aromatic heterocycles. The average molecular weight is 404 g/mol. The summed E-state index contributed by atoms with van der Waals surface area (Å²) in [6, 6.07) is 7.84. The van der Waals surface area contributed by atoms with Crippen molar-refractivity contribution >= 4 is 5.95 Å². The van der Waals surface area contributed by atoms with Crippen molar-refractivity contribution in [2.45, 2.75) is 50.2 Å². The number of anilines is 1. The van der Waals surface area contributed by atoms with Gasteiger partial charge in [0.05, 0.1) is 19.9 Å². The summed E-state index contributed by atoms with van der Waals surface area (Å²) in [5.41, 5.74) is 0.802. The number of alkyl halides is 2. The molecule has 156 valence electrons. The fourth-order valence-electron chi connectivity index (χ4n) is 4.50.